The van der Waals surface area contributed by atoms with Gasteiger partial charge in [0.05, 0.1) is 22.3 Å². The molecule has 0 fully saturated rings. The number of carbonyl (C=O) groups is 2. The highest BCUT2D eigenvalue weighted by molar-refractivity contribution is 6.36. The average molecular weight is 421 g/mol. The third kappa shape index (κ3) is 4.57. The lowest BCUT2D eigenvalue weighted by atomic mass is 10.0. The van der Waals surface area contributed by atoms with Crippen LogP contribution in [0.3, 0.4) is 0 Å². The number of ketones is 1. The first kappa shape index (κ1) is 21.2. The first-order valence-corrected chi connectivity index (χ1v) is 8.55. The number of nitriles is 1. The fourth-order valence-corrected chi connectivity index (χ4v) is 2.72. The number of carbonyl (C=O) groups excluding carboxylic acids is 2. The molecule has 0 aliphatic heterocycles. The Morgan fingerprint density at radius 2 is 1.93 bits per heavy atom. The molecule has 0 radical (unpaired) electrons. The van der Waals surface area contributed by atoms with Crippen LogP contribution in [-0.2, 0) is 23.7 Å². The number of aromatic nitrogens is 2. The molecular formula is C18H14Cl2N4O4. The maximum Gasteiger partial charge on any atom is 0.330 e. The van der Waals surface area contributed by atoms with Gasteiger partial charge in [0.1, 0.15) is 0 Å². The quantitative estimate of drug-likeness (QED) is 0.584. The van der Waals surface area contributed by atoms with Gasteiger partial charge in [0.2, 0.25) is 5.91 Å². The van der Waals surface area contributed by atoms with Crippen molar-refractivity contribution in [2.75, 3.05) is 5.32 Å². The van der Waals surface area contributed by atoms with Crippen LogP contribution in [0, 0.1) is 17.2 Å². The van der Waals surface area contributed by atoms with Gasteiger partial charge in [-0.1, -0.05) is 23.2 Å². The highest BCUT2D eigenvalue weighted by Gasteiger charge is 2.25. The molecule has 1 N–H and O–H groups in total. The molecule has 0 aliphatic carbocycles. The third-order valence-corrected chi connectivity index (χ3v) is 4.31. The van der Waals surface area contributed by atoms with E-state index in [0.29, 0.717) is 5.02 Å². The summed E-state index contributed by atoms with van der Waals surface area (Å²) in [4.78, 5) is 48.2. The average Bonchev–Trinajstić information content (AvgIpc) is 2.64. The fourth-order valence-electron chi connectivity index (χ4n) is 2.27. The summed E-state index contributed by atoms with van der Waals surface area (Å²) in [6, 6.07) is 5.94. The smallest absolute Gasteiger partial charge is 0.323 e. The molecule has 144 valence electrons. The molecule has 1 heterocycles. The Balaban J connectivity index is 2.23. The van der Waals surface area contributed by atoms with Crippen molar-refractivity contribution in [3.63, 3.8) is 0 Å². The summed E-state index contributed by atoms with van der Waals surface area (Å²) in [5.41, 5.74) is -0.892. The van der Waals surface area contributed by atoms with Crippen LogP contribution in [0.25, 0.3) is 6.08 Å². The van der Waals surface area contributed by atoms with Crippen molar-refractivity contribution in [1.29, 1.82) is 5.26 Å². The lowest BCUT2D eigenvalue weighted by molar-refractivity contribution is -0.126. The normalized spacial score (nSPS) is 11.8. The standard InChI is InChI=1S/C18H14Cl2N4O4/c1-23-9-10(17(27)24(2)18(23)28)3-6-15(25)12(8-21)16(26)22-14-5-4-11(19)7-13(14)20/h3-7,9,12H,1-2H3,(H,22,26)/b6-3+. The van der Waals surface area contributed by atoms with Crippen LogP contribution >= 0.6 is 23.2 Å². The van der Waals surface area contributed by atoms with Crippen LogP contribution in [-0.4, -0.2) is 20.8 Å². The second-order valence-electron chi connectivity index (χ2n) is 5.75. The van der Waals surface area contributed by atoms with E-state index in [1.165, 1.54) is 43.1 Å². The lowest BCUT2D eigenvalue weighted by Gasteiger charge is -2.09. The number of benzene rings is 1. The van der Waals surface area contributed by atoms with E-state index >= 15 is 0 Å². The van der Waals surface area contributed by atoms with Crippen molar-refractivity contribution < 1.29 is 9.59 Å². The molecule has 0 bridgehead atoms. The monoisotopic (exact) mass is 420 g/mol. The Labute approximate surface area is 169 Å². The molecule has 0 saturated heterocycles. The molecule has 10 heteroatoms. The Morgan fingerprint density at radius 1 is 1.25 bits per heavy atom. The molecule has 0 aliphatic rings. The van der Waals surface area contributed by atoms with Gasteiger partial charge in [-0.25, -0.2) is 4.79 Å². The van der Waals surface area contributed by atoms with E-state index in [9.17, 15) is 24.4 Å². The van der Waals surface area contributed by atoms with Gasteiger partial charge < -0.3 is 9.88 Å². The van der Waals surface area contributed by atoms with E-state index in [4.69, 9.17) is 23.2 Å². The molecule has 0 spiro atoms. The zero-order chi connectivity index (χ0) is 21.0. The summed E-state index contributed by atoms with van der Waals surface area (Å²) in [5, 5.41) is 12.1. The molecule has 1 aromatic heterocycles. The number of hydrogen-bond donors (Lipinski definition) is 1. The number of anilines is 1. The number of rotatable bonds is 5. The predicted octanol–water partition coefficient (Wildman–Crippen LogP) is 1.75. The largest absolute Gasteiger partial charge is 0.330 e. The number of nitrogens with zero attached hydrogens (tertiary/aromatic N) is 3. The van der Waals surface area contributed by atoms with Crippen LogP contribution in [0.4, 0.5) is 5.69 Å². The second kappa shape index (κ2) is 8.69. The molecule has 1 unspecified atom stereocenters. The Hall–Kier alpha value is -3.15. The SMILES string of the molecule is Cn1cc(/C=C/C(=O)C(C#N)C(=O)Nc2ccc(Cl)cc2Cl)c(=O)n(C)c1=O. The molecule has 2 aromatic rings. The number of aryl methyl sites for hydroxylation is 1. The summed E-state index contributed by atoms with van der Waals surface area (Å²) in [6.45, 7) is 0. The van der Waals surface area contributed by atoms with E-state index in [1.807, 2.05) is 0 Å². The van der Waals surface area contributed by atoms with Gasteiger partial charge in [-0.05, 0) is 30.4 Å². The predicted molar refractivity (Wildman–Crippen MR) is 105 cm³/mol. The molecular weight excluding hydrogens is 407 g/mol. The number of halogens is 2. The topological polar surface area (TPSA) is 114 Å². The molecule has 1 atom stereocenters. The van der Waals surface area contributed by atoms with Crippen LogP contribution in [0.1, 0.15) is 5.56 Å². The van der Waals surface area contributed by atoms with Crippen molar-refractivity contribution in [2.45, 2.75) is 0 Å². The van der Waals surface area contributed by atoms with Crippen LogP contribution in [0.5, 0.6) is 0 Å². The van der Waals surface area contributed by atoms with Crippen molar-refractivity contribution in [1.82, 2.24) is 9.13 Å². The number of amides is 1. The van der Waals surface area contributed by atoms with Crippen molar-refractivity contribution >= 4 is 46.7 Å². The van der Waals surface area contributed by atoms with Gasteiger partial charge >= 0.3 is 5.69 Å². The second-order valence-corrected chi connectivity index (χ2v) is 6.60. The van der Waals surface area contributed by atoms with Crippen LogP contribution in [0.2, 0.25) is 10.0 Å². The Morgan fingerprint density at radius 3 is 2.54 bits per heavy atom. The molecule has 8 nitrogen and oxygen atoms in total. The van der Waals surface area contributed by atoms with Gasteiger partial charge in [0.15, 0.2) is 11.7 Å². The van der Waals surface area contributed by atoms with Gasteiger partial charge in [-0.15, -0.1) is 0 Å². The van der Waals surface area contributed by atoms with Gasteiger partial charge in [0, 0.05) is 25.3 Å². The van der Waals surface area contributed by atoms with E-state index < -0.39 is 28.9 Å². The van der Waals surface area contributed by atoms with E-state index in [2.05, 4.69) is 5.32 Å². The minimum atomic E-state index is -1.65. The highest BCUT2D eigenvalue weighted by atomic mass is 35.5. The molecule has 28 heavy (non-hydrogen) atoms. The molecule has 1 amide bonds. The summed E-state index contributed by atoms with van der Waals surface area (Å²) in [5.74, 6) is -3.37. The minimum Gasteiger partial charge on any atom is -0.323 e. The number of nitrogens with one attached hydrogen (secondary N) is 1. The summed E-state index contributed by atoms with van der Waals surface area (Å²) in [7, 11) is 2.74. The Bertz CT molecular complexity index is 1140. The maximum absolute atomic E-state index is 12.3. The summed E-state index contributed by atoms with van der Waals surface area (Å²) < 4.78 is 2.05. The van der Waals surface area contributed by atoms with E-state index in [-0.39, 0.29) is 16.3 Å². The molecule has 0 saturated carbocycles. The van der Waals surface area contributed by atoms with Gasteiger partial charge in [0.25, 0.3) is 5.56 Å². The van der Waals surface area contributed by atoms with Crippen molar-refractivity contribution in [3.05, 3.63) is 66.9 Å². The third-order valence-electron chi connectivity index (χ3n) is 3.76. The lowest BCUT2D eigenvalue weighted by Crippen LogP contribution is -2.37. The zero-order valence-electron chi connectivity index (χ0n) is 14.8. The first-order chi connectivity index (χ1) is 13.1. The zero-order valence-corrected chi connectivity index (χ0v) is 16.3. The first-order valence-electron chi connectivity index (χ1n) is 7.79. The van der Waals surface area contributed by atoms with Gasteiger partial charge in [-0.2, -0.15) is 5.26 Å². The minimum absolute atomic E-state index is 0.0517. The van der Waals surface area contributed by atoms with E-state index in [1.54, 1.807) is 6.07 Å². The fraction of sp³-hybridized carbons (Fsp3) is 0.167. The van der Waals surface area contributed by atoms with Crippen molar-refractivity contribution in [2.24, 2.45) is 20.0 Å². The number of allylic oxidation sites excluding steroid dienone is 1. The van der Waals surface area contributed by atoms with Crippen molar-refractivity contribution in [3.8, 4) is 6.07 Å². The summed E-state index contributed by atoms with van der Waals surface area (Å²) >= 11 is 11.7. The summed E-state index contributed by atoms with van der Waals surface area (Å²) in [6.07, 6.45) is 3.35. The Kier molecular flexibility index (Phi) is 6.57. The van der Waals surface area contributed by atoms with Crippen LogP contribution in [0.15, 0.2) is 40.1 Å². The van der Waals surface area contributed by atoms with Crippen LogP contribution < -0.4 is 16.6 Å². The van der Waals surface area contributed by atoms with E-state index in [0.717, 1.165) is 16.7 Å². The maximum atomic E-state index is 12.3. The molecule has 2 rings (SSSR count). The molecule has 1 aromatic carbocycles. The van der Waals surface area contributed by atoms with Gasteiger partial charge in [-0.3, -0.25) is 19.0 Å². The number of hydrogen-bond acceptors (Lipinski definition) is 5. The highest BCUT2D eigenvalue weighted by Crippen LogP contribution is 2.25.